The summed E-state index contributed by atoms with van der Waals surface area (Å²) in [4.78, 5) is 13.3. The molecule has 0 bridgehead atoms. The molecule has 2 aromatic rings. The molecule has 0 fully saturated rings. The monoisotopic (exact) mass is 286 g/mol. The molecule has 2 unspecified atom stereocenters. The Hall–Kier alpha value is -1.74. The van der Waals surface area contributed by atoms with Gasteiger partial charge >= 0.3 is 0 Å². The van der Waals surface area contributed by atoms with Gasteiger partial charge in [0.15, 0.2) is 5.78 Å². The normalized spacial score (nSPS) is 13.7. The molecule has 0 saturated heterocycles. The molecule has 2 atom stereocenters. The van der Waals surface area contributed by atoms with Gasteiger partial charge in [0, 0.05) is 10.5 Å². The van der Waals surface area contributed by atoms with Crippen molar-refractivity contribution < 1.29 is 9.00 Å². The Kier molecular flexibility index (Phi) is 5.24. The minimum Gasteiger partial charge on any atom is -0.293 e. The predicted molar refractivity (Wildman–Crippen MR) is 82.3 cm³/mol. The number of hydrogen-bond acceptors (Lipinski definition) is 2. The maximum absolute atomic E-state index is 12.6. The van der Waals surface area contributed by atoms with Crippen molar-refractivity contribution in [1.82, 2.24) is 0 Å². The molecule has 0 heterocycles. The fraction of sp³-hybridized carbons (Fsp3) is 0.235. The number of rotatable bonds is 6. The lowest BCUT2D eigenvalue weighted by molar-refractivity contribution is 0.0985. The van der Waals surface area contributed by atoms with Gasteiger partial charge in [-0.05, 0) is 18.6 Å². The van der Waals surface area contributed by atoms with E-state index in [2.05, 4.69) is 0 Å². The van der Waals surface area contributed by atoms with Crippen molar-refractivity contribution in [3.05, 3.63) is 66.2 Å². The van der Waals surface area contributed by atoms with Gasteiger partial charge in [-0.25, -0.2) is 0 Å². The molecule has 104 valence electrons. The zero-order valence-electron chi connectivity index (χ0n) is 11.5. The lowest BCUT2D eigenvalue weighted by Gasteiger charge is -2.15. The number of carbonyl (C=O) groups excluding carboxylic acids is 1. The summed E-state index contributed by atoms with van der Waals surface area (Å²) in [5.41, 5.74) is 0.634. The highest BCUT2D eigenvalue weighted by molar-refractivity contribution is 7.86. The molecule has 2 nitrogen and oxygen atoms in total. The van der Waals surface area contributed by atoms with Crippen LogP contribution >= 0.6 is 0 Å². The second kappa shape index (κ2) is 7.15. The second-order valence-electron chi connectivity index (χ2n) is 4.62. The van der Waals surface area contributed by atoms with E-state index >= 15 is 0 Å². The van der Waals surface area contributed by atoms with E-state index in [9.17, 15) is 9.00 Å². The Morgan fingerprint density at radius 3 is 2.10 bits per heavy atom. The van der Waals surface area contributed by atoms with Crippen molar-refractivity contribution in [3.8, 4) is 0 Å². The highest BCUT2D eigenvalue weighted by atomic mass is 32.2. The molecule has 0 aliphatic carbocycles. The van der Waals surface area contributed by atoms with E-state index in [4.69, 9.17) is 0 Å². The smallest absolute Gasteiger partial charge is 0.178 e. The summed E-state index contributed by atoms with van der Waals surface area (Å²) in [6, 6.07) is 18.3. The fourth-order valence-electron chi connectivity index (χ4n) is 2.10. The SMILES string of the molecule is CCCC(C(=O)c1ccccc1)S(=O)c1ccccc1. The number of ketones is 1. The second-order valence-corrected chi connectivity index (χ2v) is 6.25. The molecule has 0 radical (unpaired) electrons. The van der Waals surface area contributed by atoms with Crippen LogP contribution in [-0.2, 0) is 10.8 Å². The summed E-state index contributed by atoms with van der Waals surface area (Å²) >= 11 is 0. The highest BCUT2D eigenvalue weighted by Crippen LogP contribution is 2.19. The molecule has 2 aromatic carbocycles. The highest BCUT2D eigenvalue weighted by Gasteiger charge is 2.26. The Balaban J connectivity index is 2.27. The molecule has 0 aliphatic rings. The maximum Gasteiger partial charge on any atom is 0.178 e. The minimum atomic E-state index is -1.30. The Labute approximate surface area is 122 Å². The summed E-state index contributed by atoms with van der Waals surface area (Å²) in [7, 11) is -1.30. The lowest BCUT2D eigenvalue weighted by atomic mass is 10.1. The van der Waals surface area contributed by atoms with Crippen LogP contribution in [0.25, 0.3) is 0 Å². The van der Waals surface area contributed by atoms with Gasteiger partial charge in [-0.3, -0.25) is 9.00 Å². The van der Waals surface area contributed by atoms with Crippen LogP contribution in [0.15, 0.2) is 65.6 Å². The molecule has 20 heavy (non-hydrogen) atoms. The van der Waals surface area contributed by atoms with Gasteiger partial charge in [0.25, 0.3) is 0 Å². The van der Waals surface area contributed by atoms with Crippen LogP contribution in [0.4, 0.5) is 0 Å². The average molecular weight is 286 g/mol. The third-order valence-electron chi connectivity index (χ3n) is 3.14. The van der Waals surface area contributed by atoms with Crippen molar-refractivity contribution in [2.75, 3.05) is 0 Å². The van der Waals surface area contributed by atoms with E-state index in [0.29, 0.717) is 12.0 Å². The summed E-state index contributed by atoms with van der Waals surface area (Å²) in [6.07, 6.45) is 1.47. The molecule has 2 rings (SSSR count). The van der Waals surface area contributed by atoms with Crippen molar-refractivity contribution in [3.63, 3.8) is 0 Å². The first-order valence-corrected chi connectivity index (χ1v) is 8.00. The van der Waals surface area contributed by atoms with Crippen molar-refractivity contribution >= 4 is 16.6 Å². The zero-order chi connectivity index (χ0) is 14.4. The summed E-state index contributed by atoms with van der Waals surface area (Å²) < 4.78 is 12.6. The third-order valence-corrected chi connectivity index (χ3v) is 4.84. The molecule has 3 heteroatoms. The van der Waals surface area contributed by atoms with Gasteiger partial charge in [-0.1, -0.05) is 61.9 Å². The van der Waals surface area contributed by atoms with Gasteiger partial charge in [-0.15, -0.1) is 0 Å². The Morgan fingerprint density at radius 2 is 1.55 bits per heavy atom. The largest absolute Gasteiger partial charge is 0.293 e. The minimum absolute atomic E-state index is 0.0327. The van der Waals surface area contributed by atoms with E-state index in [-0.39, 0.29) is 5.78 Å². The summed E-state index contributed by atoms with van der Waals surface area (Å²) in [5, 5.41) is -0.468. The van der Waals surface area contributed by atoms with Crippen LogP contribution in [0, 0.1) is 0 Å². The van der Waals surface area contributed by atoms with Gasteiger partial charge in [0.05, 0.1) is 10.8 Å². The van der Waals surface area contributed by atoms with Crippen molar-refractivity contribution in [2.45, 2.75) is 29.9 Å². The van der Waals surface area contributed by atoms with Crippen LogP contribution in [0.1, 0.15) is 30.1 Å². The molecule has 0 aliphatic heterocycles. The first kappa shape index (κ1) is 14.7. The van der Waals surface area contributed by atoms with Crippen LogP contribution < -0.4 is 0 Å². The molecular formula is C17H18O2S. The molecule has 0 spiro atoms. The van der Waals surface area contributed by atoms with Crippen LogP contribution in [0.2, 0.25) is 0 Å². The van der Waals surface area contributed by atoms with E-state index < -0.39 is 16.0 Å². The molecule has 0 aromatic heterocycles. The Bertz CT molecular complexity index is 527. The molecule has 0 N–H and O–H groups in total. The van der Waals surface area contributed by atoms with Crippen LogP contribution in [-0.4, -0.2) is 15.2 Å². The van der Waals surface area contributed by atoms with Crippen molar-refractivity contribution in [1.29, 1.82) is 0 Å². The van der Waals surface area contributed by atoms with Crippen LogP contribution in [0.5, 0.6) is 0 Å². The zero-order valence-corrected chi connectivity index (χ0v) is 12.3. The predicted octanol–water partition coefficient (Wildman–Crippen LogP) is 3.85. The molecular weight excluding hydrogens is 268 g/mol. The first-order chi connectivity index (χ1) is 9.74. The standard InChI is InChI=1S/C17H18O2S/c1-2-9-16(17(18)14-10-5-3-6-11-14)20(19)15-12-7-4-8-13-15/h3-8,10-13,16H,2,9H2,1H3. The molecule has 0 amide bonds. The Morgan fingerprint density at radius 1 is 1.00 bits per heavy atom. The molecule has 0 saturated carbocycles. The summed E-state index contributed by atoms with van der Waals surface area (Å²) in [5.74, 6) is -0.0327. The van der Waals surface area contributed by atoms with E-state index in [0.717, 1.165) is 11.3 Å². The number of benzene rings is 2. The number of carbonyl (C=O) groups is 1. The first-order valence-electron chi connectivity index (χ1n) is 6.79. The van der Waals surface area contributed by atoms with Crippen LogP contribution in [0.3, 0.4) is 0 Å². The van der Waals surface area contributed by atoms with E-state index in [1.54, 1.807) is 12.1 Å². The van der Waals surface area contributed by atoms with Gasteiger partial charge < -0.3 is 0 Å². The topological polar surface area (TPSA) is 34.1 Å². The van der Waals surface area contributed by atoms with Gasteiger partial charge in [0.2, 0.25) is 0 Å². The van der Waals surface area contributed by atoms with Gasteiger partial charge in [-0.2, -0.15) is 0 Å². The van der Waals surface area contributed by atoms with E-state index in [1.807, 2.05) is 55.5 Å². The maximum atomic E-state index is 12.6. The van der Waals surface area contributed by atoms with E-state index in [1.165, 1.54) is 0 Å². The van der Waals surface area contributed by atoms with Crippen molar-refractivity contribution in [2.24, 2.45) is 0 Å². The quantitative estimate of drug-likeness (QED) is 0.756. The average Bonchev–Trinajstić information content (AvgIpc) is 2.53. The number of hydrogen-bond donors (Lipinski definition) is 0. The lowest BCUT2D eigenvalue weighted by Crippen LogP contribution is -2.26. The number of Topliss-reactive ketones (excluding diaryl/α,β-unsaturated/α-hetero) is 1. The van der Waals surface area contributed by atoms with Gasteiger partial charge in [0.1, 0.15) is 5.25 Å². The summed E-state index contributed by atoms with van der Waals surface area (Å²) in [6.45, 7) is 2.01. The fourth-order valence-corrected chi connectivity index (χ4v) is 3.64. The third kappa shape index (κ3) is 3.42.